The Morgan fingerprint density at radius 2 is 1.81 bits per heavy atom. The highest BCUT2D eigenvalue weighted by Crippen LogP contribution is 2.29. The molecule has 0 unspecified atom stereocenters. The van der Waals surface area contributed by atoms with E-state index < -0.39 is 53.9 Å². The fourth-order valence-corrected chi connectivity index (χ4v) is 6.33. The number of hydrogen-bond donors (Lipinski definition) is 4. The SMILES string of the molecule is CO[C@H]1/C=C\C=C(/C)C(=O)NC2=CC(=O)C(NCc3cn(Cc4ccc(C)cc4)nn3)=C(C[C@@H](C)C[C@H](OC)[C@H](O)[C@@H](C)/C=C(\C)[C@@H]1OC(N)=O)C2=O. The summed E-state index contributed by atoms with van der Waals surface area (Å²) in [5.41, 5.74) is 9.09. The van der Waals surface area contributed by atoms with E-state index in [1.165, 1.54) is 20.3 Å². The Bertz CT molecular complexity index is 1820. The van der Waals surface area contributed by atoms with Gasteiger partial charge in [0.15, 0.2) is 6.10 Å². The molecule has 2 aromatic rings. The fourth-order valence-electron chi connectivity index (χ4n) is 6.33. The highest BCUT2D eigenvalue weighted by Gasteiger charge is 2.33. The zero-order chi connectivity index (χ0) is 38.8. The Balaban J connectivity index is 1.66. The Labute approximate surface area is 309 Å². The largest absolute Gasteiger partial charge is 0.439 e. The molecule has 2 amide bonds. The van der Waals surface area contributed by atoms with Crippen molar-refractivity contribution < 1.29 is 38.5 Å². The number of amides is 2. The third kappa shape index (κ3) is 10.9. The van der Waals surface area contributed by atoms with Gasteiger partial charge in [-0.05, 0) is 50.7 Å². The number of hydrogen-bond acceptors (Lipinski definition) is 11. The van der Waals surface area contributed by atoms with E-state index in [1.807, 2.05) is 38.1 Å². The van der Waals surface area contributed by atoms with Crippen LogP contribution in [0.15, 0.2) is 89.0 Å². The molecule has 1 aliphatic heterocycles. The van der Waals surface area contributed by atoms with Crippen LogP contribution in [0, 0.1) is 18.8 Å². The molecule has 5 N–H and O–H groups in total. The number of methoxy groups -OCH3 is 2. The number of nitrogens with zero attached hydrogens (tertiary/aromatic N) is 3. The minimum absolute atomic E-state index is 0.0987. The predicted molar refractivity (Wildman–Crippen MR) is 197 cm³/mol. The third-order valence-corrected chi connectivity index (χ3v) is 9.29. The highest BCUT2D eigenvalue weighted by molar-refractivity contribution is 6.23. The lowest BCUT2D eigenvalue weighted by Crippen LogP contribution is -2.37. The minimum atomic E-state index is -1.01. The molecule has 1 aromatic heterocycles. The zero-order valence-electron chi connectivity index (χ0n) is 31.3. The number of aromatic nitrogens is 3. The lowest BCUT2D eigenvalue weighted by atomic mass is 9.85. The summed E-state index contributed by atoms with van der Waals surface area (Å²) in [6.45, 7) is 9.63. The molecular formula is C39H50N6O8. The van der Waals surface area contributed by atoms with Gasteiger partial charge in [-0.1, -0.05) is 73.2 Å². The van der Waals surface area contributed by atoms with Crippen molar-refractivity contribution in [3.05, 3.63) is 106 Å². The molecule has 0 saturated heterocycles. The molecule has 4 rings (SSSR count). The van der Waals surface area contributed by atoms with E-state index in [0.717, 1.165) is 17.2 Å². The summed E-state index contributed by atoms with van der Waals surface area (Å²) in [6, 6.07) is 8.09. The number of aryl methyl sites for hydroxylation is 1. The molecule has 284 valence electrons. The molecule has 6 atom stereocenters. The number of aliphatic hydroxyl groups excluding tert-OH is 1. The second-order valence-electron chi connectivity index (χ2n) is 13.7. The standard InChI is InChI=1S/C39H50N6O8/c1-22-11-13-27(14-12-22)20-45-21-28(43-44-45)19-41-34-29-15-23(2)16-33(52-7)35(47)25(4)17-26(5)37(53-39(40)50)32(51-6)10-8-9-24(3)38(49)42-30(36(29)48)18-31(34)46/h8-14,17-18,21,23,25,32-33,35,37,41,47H,15-16,19-20H2,1-7H3,(H2,40,50)(H,42,49)/b10-8-,24-9+,26-17+/t23-,25+,32+,33+,35-,37+/m1/s1. The van der Waals surface area contributed by atoms with Crippen LogP contribution in [-0.2, 0) is 41.7 Å². The van der Waals surface area contributed by atoms with Crippen LogP contribution in [0.2, 0.25) is 0 Å². The van der Waals surface area contributed by atoms with Gasteiger partial charge in [0.1, 0.15) is 11.8 Å². The highest BCUT2D eigenvalue weighted by atomic mass is 16.6. The summed E-state index contributed by atoms with van der Waals surface area (Å²) in [6.07, 6.45) is 5.33. The Morgan fingerprint density at radius 1 is 1.09 bits per heavy atom. The first kappa shape index (κ1) is 40.6. The maximum absolute atomic E-state index is 14.0. The maximum Gasteiger partial charge on any atom is 0.405 e. The van der Waals surface area contributed by atoms with Crippen LogP contribution >= 0.6 is 0 Å². The van der Waals surface area contributed by atoms with Crippen molar-refractivity contribution in [3.8, 4) is 0 Å². The topological polar surface area (TPSA) is 197 Å². The summed E-state index contributed by atoms with van der Waals surface area (Å²) in [5, 5.41) is 25.6. The third-order valence-electron chi connectivity index (χ3n) is 9.29. The first-order valence-corrected chi connectivity index (χ1v) is 17.5. The van der Waals surface area contributed by atoms with Crippen LogP contribution in [0.4, 0.5) is 4.79 Å². The molecule has 2 heterocycles. The number of rotatable bonds is 8. The summed E-state index contributed by atoms with van der Waals surface area (Å²) >= 11 is 0. The number of carbonyl (C=O) groups is 4. The number of carbonyl (C=O) groups excluding carboxylic acids is 4. The van der Waals surface area contributed by atoms with E-state index >= 15 is 0 Å². The number of nitrogens with two attached hydrogens (primary N) is 1. The van der Waals surface area contributed by atoms with Gasteiger partial charge in [-0.2, -0.15) is 0 Å². The predicted octanol–water partition coefficient (Wildman–Crippen LogP) is 3.50. The number of nitrogens with one attached hydrogen (secondary N) is 2. The molecule has 53 heavy (non-hydrogen) atoms. The molecular weight excluding hydrogens is 680 g/mol. The van der Waals surface area contributed by atoms with E-state index in [4.69, 9.17) is 19.9 Å². The van der Waals surface area contributed by atoms with Crippen molar-refractivity contribution in [2.24, 2.45) is 17.6 Å². The molecule has 0 saturated carbocycles. The van der Waals surface area contributed by atoms with Crippen molar-refractivity contribution in [1.82, 2.24) is 25.6 Å². The van der Waals surface area contributed by atoms with Gasteiger partial charge in [-0.3, -0.25) is 14.4 Å². The Morgan fingerprint density at radius 3 is 2.47 bits per heavy atom. The van der Waals surface area contributed by atoms with E-state index in [9.17, 15) is 24.3 Å². The van der Waals surface area contributed by atoms with E-state index in [0.29, 0.717) is 24.2 Å². The number of primary amides is 1. The smallest absolute Gasteiger partial charge is 0.405 e. The molecule has 0 radical (unpaired) electrons. The quantitative estimate of drug-likeness (QED) is 0.229. The molecule has 1 aromatic carbocycles. The van der Waals surface area contributed by atoms with Gasteiger partial charge in [0.25, 0.3) is 5.91 Å². The first-order chi connectivity index (χ1) is 25.2. The molecule has 2 bridgehead atoms. The first-order valence-electron chi connectivity index (χ1n) is 17.5. The molecule has 1 aliphatic carbocycles. The number of ketones is 2. The maximum atomic E-state index is 14.0. The van der Waals surface area contributed by atoms with Gasteiger partial charge < -0.3 is 35.7 Å². The van der Waals surface area contributed by atoms with Crippen LogP contribution in [-0.4, -0.2) is 82.3 Å². The molecule has 2 aliphatic rings. The monoisotopic (exact) mass is 730 g/mol. The minimum Gasteiger partial charge on any atom is -0.439 e. The normalized spacial score (nSPS) is 27.5. The summed E-state index contributed by atoms with van der Waals surface area (Å²) < 4.78 is 18.4. The summed E-state index contributed by atoms with van der Waals surface area (Å²) in [5.74, 6) is -2.33. The lowest BCUT2D eigenvalue weighted by Gasteiger charge is -2.30. The molecule has 0 spiro atoms. The van der Waals surface area contributed by atoms with Crippen LogP contribution in [0.3, 0.4) is 0 Å². The van der Waals surface area contributed by atoms with Gasteiger partial charge >= 0.3 is 6.09 Å². The summed E-state index contributed by atoms with van der Waals surface area (Å²) in [7, 11) is 2.92. The van der Waals surface area contributed by atoms with Gasteiger partial charge in [0, 0.05) is 37.4 Å². The second kappa shape index (κ2) is 18.5. The van der Waals surface area contributed by atoms with Crippen LogP contribution in [0.5, 0.6) is 0 Å². The van der Waals surface area contributed by atoms with E-state index in [-0.39, 0.29) is 41.4 Å². The molecule has 0 fully saturated rings. The van der Waals surface area contributed by atoms with Gasteiger partial charge in [0.2, 0.25) is 11.6 Å². The van der Waals surface area contributed by atoms with E-state index in [1.54, 1.807) is 49.9 Å². The van der Waals surface area contributed by atoms with Crippen molar-refractivity contribution >= 4 is 23.6 Å². The Hall–Kier alpha value is -5.18. The average Bonchev–Trinajstić information content (AvgIpc) is 3.56. The second-order valence-corrected chi connectivity index (χ2v) is 13.7. The number of benzene rings is 1. The van der Waals surface area contributed by atoms with Crippen molar-refractivity contribution in [1.29, 1.82) is 0 Å². The number of allylic oxidation sites excluding steroid dienone is 4. The van der Waals surface area contributed by atoms with Crippen LogP contribution < -0.4 is 16.4 Å². The van der Waals surface area contributed by atoms with Crippen molar-refractivity contribution in [2.75, 3.05) is 14.2 Å². The summed E-state index contributed by atoms with van der Waals surface area (Å²) in [4.78, 5) is 52.7. The van der Waals surface area contributed by atoms with Crippen molar-refractivity contribution in [3.63, 3.8) is 0 Å². The van der Waals surface area contributed by atoms with Gasteiger partial charge in [-0.15, -0.1) is 5.10 Å². The molecule has 14 nitrogen and oxygen atoms in total. The fraction of sp³-hybridized carbons (Fsp3) is 0.436. The molecule has 14 heteroatoms. The van der Waals surface area contributed by atoms with Gasteiger partial charge in [0.05, 0.1) is 42.9 Å². The van der Waals surface area contributed by atoms with E-state index in [2.05, 4.69) is 20.9 Å². The Kier molecular flexibility index (Phi) is 14.2. The van der Waals surface area contributed by atoms with Crippen molar-refractivity contribution in [2.45, 2.75) is 85.0 Å². The lowest BCUT2D eigenvalue weighted by molar-refractivity contribution is -0.120. The average molecular weight is 731 g/mol. The van der Waals surface area contributed by atoms with Crippen LogP contribution in [0.1, 0.15) is 57.4 Å². The number of aliphatic hydroxyl groups is 1. The van der Waals surface area contributed by atoms with Gasteiger partial charge in [-0.25, -0.2) is 9.48 Å². The number of ether oxygens (including phenoxy) is 3. The number of Topliss-reactive ketones (excluding diaryl/α,β-unsaturated/α-hetero) is 1. The van der Waals surface area contributed by atoms with Crippen LogP contribution in [0.25, 0.3) is 0 Å². The number of fused-ring (bicyclic) bond motifs is 2. The zero-order valence-corrected chi connectivity index (χ0v) is 31.3.